The molecule has 0 radical (unpaired) electrons. The van der Waals surface area contributed by atoms with Gasteiger partial charge in [0.1, 0.15) is 16.7 Å². The average Bonchev–Trinajstić information content (AvgIpc) is 3.18. The van der Waals surface area contributed by atoms with Gasteiger partial charge in [0.25, 0.3) is 5.91 Å². The number of fused-ring (bicyclic) bond motifs is 1. The molecule has 1 aliphatic heterocycles. The summed E-state index contributed by atoms with van der Waals surface area (Å²) in [6.07, 6.45) is 2.03. The number of ether oxygens (including phenoxy) is 1. The fourth-order valence-electron chi connectivity index (χ4n) is 3.33. The first-order valence-electron chi connectivity index (χ1n) is 7.77. The van der Waals surface area contributed by atoms with Gasteiger partial charge in [-0.15, -0.1) is 11.3 Å². The van der Waals surface area contributed by atoms with E-state index >= 15 is 0 Å². The molecule has 0 aromatic carbocycles. The van der Waals surface area contributed by atoms with E-state index in [-0.39, 0.29) is 18.4 Å². The number of hydrogen-bond acceptors (Lipinski definition) is 5. The number of nitrogens with zero attached hydrogens (tertiary/aromatic N) is 2. The third-order valence-electron chi connectivity index (χ3n) is 4.47. The summed E-state index contributed by atoms with van der Waals surface area (Å²) in [5.41, 5.74) is 2.11. The van der Waals surface area contributed by atoms with Crippen LogP contribution in [0.2, 0.25) is 0 Å². The lowest BCUT2D eigenvalue weighted by Gasteiger charge is -2.29. The van der Waals surface area contributed by atoms with E-state index in [0.29, 0.717) is 44.5 Å². The number of amides is 1. The number of hydrogen-bond donors (Lipinski definition) is 1. The van der Waals surface area contributed by atoms with Gasteiger partial charge in [-0.3, -0.25) is 9.59 Å². The lowest BCUT2D eigenvalue weighted by atomic mass is 9.92. The second-order valence-corrected chi connectivity index (χ2v) is 7.16. The summed E-state index contributed by atoms with van der Waals surface area (Å²) in [5.74, 6) is -0.799. The molecule has 2 aliphatic rings. The molecule has 3 rings (SSSR count). The first-order valence-corrected chi connectivity index (χ1v) is 9.03. The van der Waals surface area contributed by atoms with E-state index in [1.54, 1.807) is 29.3 Å². The van der Waals surface area contributed by atoms with Gasteiger partial charge in [0.15, 0.2) is 0 Å². The van der Waals surface area contributed by atoms with Gasteiger partial charge in [0, 0.05) is 16.7 Å². The molecule has 0 fully saturated rings. The topological polar surface area (TPSA) is 90.6 Å². The van der Waals surface area contributed by atoms with Crippen LogP contribution in [0.3, 0.4) is 0 Å². The Balaban J connectivity index is 2.08. The molecule has 134 valence electrons. The highest BCUT2D eigenvalue weighted by atomic mass is 35.5. The van der Waals surface area contributed by atoms with Crippen LogP contribution in [0, 0.1) is 11.3 Å². The lowest BCUT2D eigenvalue weighted by molar-refractivity contribution is -0.136. The van der Waals surface area contributed by atoms with E-state index in [1.165, 1.54) is 18.4 Å². The Morgan fingerprint density at radius 3 is 2.85 bits per heavy atom. The van der Waals surface area contributed by atoms with Crippen molar-refractivity contribution in [1.82, 2.24) is 4.90 Å². The number of halogens is 1. The van der Waals surface area contributed by atoms with Gasteiger partial charge < -0.3 is 14.7 Å². The van der Waals surface area contributed by atoms with Gasteiger partial charge in [-0.2, -0.15) is 5.26 Å². The molecular weight excluding hydrogens is 376 g/mol. The van der Waals surface area contributed by atoms with E-state index in [0.717, 1.165) is 0 Å². The average molecular weight is 391 g/mol. The summed E-state index contributed by atoms with van der Waals surface area (Å²) in [5, 5.41) is 20.2. The molecule has 6 nitrogen and oxygen atoms in total. The minimum atomic E-state index is -1.000. The molecule has 0 spiro atoms. The molecule has 0 saturated heterocycles. The van der Waals surface area contributed by atoms with E-state index in [4.69, 9.17) is 21.6 Å². The Morgan fingerprint density at radius 1 is 1.54 bits per heavy atom. The highest BCUT2D eigenvalue weighted by molar-refractivity contribution is 7.10. The van der Waals surface area contributed by atoms with Crippen LogP contribution in [0.5, 0.6) is 0 Å². The zero-order chi connectivity index (χ0) is 19.0. The van der Waals surface area contributed by atoms with Gasteiger partial charge in [-0.25, -0.2) is 0 Å². The second kappa shape index (κ2) is 6.98. The molecule has 0 bridgehead atoms. The molecule has 1 aliphatic carbocycles. The number of carbonyl (C=O) groups excluding carboxylic acids is 1. The fraction of sp³-hybridized carbons (Fsp3) is 0.278. The molecule has 26 heavy (non-hydrogen) atoms. The van der Waals surface area contributed by atoms with Crippen molar-refractivity contribution in [2.75, 3.05) is 7.11 Å². The van der Waals surface area contributed by atoms with Crippen molar-refractivity contribution in [3.8, 4) is 6.07 Å². The van der Waals surface area contributed by atoms with Gasteiger partial charge in [-0.1, -0.05) is 11.6 Å². The predicted molar refractivity (Wildman–Crippen MR) is 96.5 cm³/mol. The van der Waals surface area contributed by atoms with Gasteiger partial charge in [0.05, 0.1) is 30.2 Å². The number of methoxy groups -OCH3 is 1. The summed E-state index contributed by atoms with van der Waals surface area (Å²) in [6, 6.07) is 3.18. The standard InChI is InChI=1S/C18H15ClN2O4S/c1-9-12(6-15(22)23)16-13(3-4-14(25-2)17(16)19)21(9)18(24)10-5-11(7-20)26-8-10/h4-5,8,13H,3,6H2,1-2H3,(H,22,23). The van der Waals surface area contributed by atoms with Crippen molar-refractivity contribution in [2.45, 2.75) is 25.8 Å². The van der Waals surface area contributed by atoms with Crippen LogP contribution in [0.25, 0.3) is 0 Å². The quantitative estimate of drug-likeness (QED) is 0.847. The Hall–Kier alpha value is -2.56. The number of carboxylic acid groups (broad SMARTS) is 1. The summed E-state index contributed by atoms with van der Waals surface area (Å²) >= 11 is 7.64. The third kappa shape index (κ3) is 2.91. The highest BCUT2D eigenvalue weighted by Crippen LogP contribution is 2.45. The van der Waals surface area contributed by atoms with Crippen LogP contribution in [0.15, 0.2) is 45.2 Å². The van der Waals surface area contributed by atoms with Gasteiger partial charge >= 0.3 is 5.97 Å². The van der Waals surface area contributed by atoms with Crippen LogP contribution in [0.4, 0.5) is 0 Å². The fourth-order valence-corrected chi connectivity index (χ4v) is 4.40. The highest BCUT2D eigenvalue weighted by Gasteiger charge is 2.42. The van der Waals surface area contributed by atoms with Crippen molar-refractivity contribution in [3.63, 3.8) is 0 Å². The van der Waals surface area contributed by atoms with Crippen molar-refractivity contribution < 1.29 is 19.4 Å². The number of thiophene rings is 1. The molecule has 8 heteroatoms. The zero-order valence-corrected chi connectivity index (χ0v) is 15.6. The predicted octanol–water partition coefficient (Wildman–Crippen LogP) is 3.62. The molecule has 1 amide bonds. The lowest BCUT2D eigenvalue weighted by Crippen LogP contribution is -2.36. The van der Waals surface area contributed by atoms with E-state index in [2.05, 4.69) is 0 Å². The monoisotopic (exact) mass is 390 g/mol. The first-order chi connectivity index (χ1) is 12.4. The Kier molecular flexibility index (Phi) is 4.90. The maximum atomic E-state index is 13.1. The summed E-state index contributed by atoms with van der Waals surface area (Å²) in [6.45, 7) is 1.72. The number of aliphatic carboxylic acids is 1. The minimum Gasteiger partial charge on any atom is -0.496 e. The van der Waals surface area contributed by atoms with E-state index in [9.17, 15) is 14.7 Å². The van der Waals surface area contributed by atoms with Crippen molar-refractivity contribution in [2.24, 2.45) is 0 Å². The normalized spacial score (nSPS) is 19.2. The third-order valence-corrected chi connectivity index (χ3v) is 5.70. The maximum Gasteiger partial charge on any atom is 0.307 e. The Labute approximate surface area is 159 Å². The van der Waals surface area contributed by atoms with Crippen molar-refractivity contribution in [3.05, 3.63) is 55.6 Å². The molecule has 1 aromatic rings. The molecular formula is C18H15ClN2O4S. The Morgan fingerprint density at radius 2 is 2.27 bits per heavy atom. The van der Waals surface area contributed by atoms with E-state index < -0.39 is 5.97 Å². The number of rotatable bonds is 4. The van der Waals surface area contributed by atoms with Crippen LogP contribution in [0.1, 0.15) is 35.0 Å². The molecule has 1 aromatic heterocycles. The molecule has 1 N–H and O–H groups in total. The van der Waals surface area contributed by atoms with Gasteiger partial charge in [-0.05, 0) is 31.1 Å². The SMILES string of the molecule is COC1=CCC2C(=C1Cl)C(CC(=O)O)=C(C)N2C(=O)c1csc(C#N)c1. The second-order valence-electron chi connectivity index (χ2n) is 5.87. The summed E-state index contributed by atoms with van der Waals surface area (Å²) in [4.78, 5) is 26.4. The largest absolute Gasteiger partial charge is 0.496 e. The van der Waals surface area contributed by atoms with Crippen LogP contribution in [-0.4, -0.2) is 35.0 Å². The van der Waals surface area contributed by atoms with Crippen LogP contribution < -0.4 is 0 Å². The molecule has 1 atom stereocenters. The van der Waals surface area contributed by atoms with Crippen molar-refractivity contribution in [1.29, 1.82) is 5.26 Å². The van der Waals surface area contributed by atoms with Gasteiger partial charge in [0.2, 0.25) is 0 Å². The number of carboxylic acids is 1. The molecule has 1 unspecified atom stereocenters. The molecule has 0 saturated carbocycles. The van der Waals surface area contributed by atoms with Crippen molar-refractivity contribution >= 4 is 34.8 Å². The minimum absolute atomic E-state index is 0.234. The number of carbonyl (C=O) groups is 2. The maximum absolute atomic E-state index is 13.1. The smallest absolute Gasteiger partial charge is 0.307 e. The van der Waals surface area contributed by atoms with Crippen LogP contribution in [-0.2, 0) is 9.53 Å². The summed E-state index contributed by atoms with van der Waals surface area (Å²) < 4.78 is 5.26. The molecule has 2 heterocycles. The number of allylic oxidation sites excluding steroid dienone is 2. The first kappa shape index (κ1) is 18.2. The summed E-state index contributed by atoms with van der Waals surface area (Å²) in [7, 11) is 1.50. The van der Waals surface area contributed by atoms with E-state index in [1.807, 2.05) is 6.07 Å². The zero-order valence-electron chi connectivity index (χ0n) is 14.1. The Bertz CT molecular complexity index is 935. The number of nitriles is 1. The van der Waals surface area contributed by atoms with Crippen LogP contribution >= 0.6 is 22.9 Å².